The normalized spacial score (nSPS) is 10.9. The minimum absolute atomic E-state index is 0.319. The van der Waals surface area contributed by atoms with Gasteiger partial charge >= 0.3 is 0 Å². The van der Waals surface area contributed by atoms with Gasteiger partial charge in [0, 0.05) is 16.1 Å². The molecule has 0 unspecified atom stereocenters. The molecule has 0 atom stereocenters. The van der Waals surface area contributed by atoms with Crippen molar-refractivity contribution in [2.24, 2.45) is 5.10 Å². The molecule has 0 aliphatic rings. The van der Waals surface area contributed by atoms with Crippen LogP contribution in [0, 0.1) is 6.92 Å². The number of methoxy groups -OCH3 is 1. The van der Waals surface area contributed by atoms with Crippen LogP contribution in [0.2, 0.25) is 5.02 Å². The van der Waals surface area contributed by atoms with E-state index in [0.717, 1.165) is 11.1 Å². The molecule has 0 saturated carbocycles. The van der Waals surface area contributed by atoms with Gasteiger partial charge in [0.1, 0.15) is 17.3 Å². The van der Waals surface area contributed by atoms with Gasteiger partial charge in [-0.2, -0.15) is 5.10 Å². The van der Waals surface area contributed by atoms with Crippen LogP contribution in [0.15, 0.2) is 64.1 Å². The quantitative estimate of drug-likeness (QED) is 0.525. The highest BCUT2D eigenvalue weighted by atomic mass is 35.5. The lowest BCUT2D eigenvalue weighted by atomic mass is 10.1. The zero-order valence-electron chi connectivity index (χ0n) is 14.3. The Kier molecular flexibility index (Phi) is 5.39. The van der Waals surface area contributed by atoms with Crippen molar-refractivity contribution < 1.29 is 13.9 Å². The first kappa shape index (κ1) is 17.8. The number of rotatable bonds is 5. The van der Waals surface area contributed by atoms with E-state index in [1.807, 2.05) is 31.2 Å². The van der Waals surface area contributed by atoms with E-state index in [4.69, 9.17) is 20.8 Å². The molecule has 0 radical (unpaired) electrons. The van der Waals surface area contributed by atoms with Crippen molar-refractivity contribution in [2.75, 3.05) is 7.11 Å². The average Bonchev–Trinajstić information content (AvgIpc) is 3.13. The highest BCUT2D eigenvalue weighted by molar-refractivity contribution is 6.31. The fourth-order valence-corrected chi connectivity index (χ4v) is 2.47. The van der Waals surface area contributed by atoms with Crippen molar-refractivity contribution in [2.45, 2.75) is 6.92 Å². The van der Waals surface area contributed by atoms with Crippen molar-refractivity contribution in [3.8, 4) is 17.1 Å². The Bertz CT molecular complexity index is 946. The third kappa shape index (κ3) is 4.13. The van der Waals surface area contributed by atoms with E-state index in [1.165, 1.54) is 6.21 Å². The number of carbonyl (C=O) groups is 1. The van der Waals surface area contributed by atoms with Gasteiger partial charge in [-0.15, -0.1) is 0 Å². The Morgan fingerprint density at radius 2 is 1.92 bits per heavy atom. The summed E-state index contributed by atoms with van der Waals surface area (Å²) in [5.41, 5.74) is 4.82. The Labute approximate surface area is 156 Å². The molecule has 1 heterocycles. The van der Waals surface area contributed by atoms with Crippen molar-refractivity contribution in [1.82, 2.24) is 5.43 Å². The molecule has 3 rings (SSSR count). The van der Waals surface area contributed by atoms with Gasteiger partial charge in [-0.05, 0) is 55.0 Å². The van der Waals surface area contributed by atoms with Crippen LogP contribution in [-0.2, 0) is 0 Å². The number of halogens is 1. The maximum atomic E-state index is 12.0. The Balaban J connectivity index is 1.64. The van der Waals surface area contributed by atoms with Crippen LogP contribution in [0.25, 0.3) is 11.3 Å². The molecular formula is C20H17ClN2O3. The van der Waals surface area contributed by atoms with E-state index in [1.54, 1.807) is 37.4 Å². The topological polar surface area (TPSA) is 63.8 Å². The lowest BCUT2D eigenvalue weighted by molar-refractivity contribution is 0.0955. The molecule has 5 nitrogen and oxygen atoms in total. The molecule has 132 valence electrons. The van der Waals surface area contributed by atoms with Gasteiger partial charge in [-0.3, -0.25) is 4.79 Å². The predicted octanol–water partition coefficient (Wildman–Crippen LogP) is 4.68. The highest BCUT2D eigenvalue weighted by Gasteiger charge is 2.07. The van der Waals surface area contributed by atoms with Gasteiger partial charge in [-0.1, -0.05) is 23.7 Å². The number of furan rings is 1. The standard InChI is InChI=1S/C20H17ClN2O3/c1-13-3-4-15(11-18(13)21)19-10-9-17(26-19)12-22-23-20(24)14-5-7-16(25-2)8-6-14/h3-12H,1-2H3,(H,23,24)/b22-12-. The van der Waals surface area contributed by atoms with Crippen molar-refractivity contribution in [1.29, 1.82) is 0 Å². The predicted molar refractivity (Wildman–Crippen MR) is 102 cm³/mol. The van der Waals surface area contributed by atoms with Gasteiger partial charge in [0.25, 0.3) is 5.91 Å². The number of amides is 1. The molecule has 1 aromatic heterocycles. The maximum Gasteiger partial charge on any atom is 0.271 e. The average molecular weight is 369 g/mol. The first-order chi connectivity index (χ1) is 12.6. The molecule has 1 N–H and O–H groups in total. The number of nitrogens with zero attached hydrogens (tertiary/aromatic N) is 1. The second kappa shape index (κ2) is 7.89. The number of carbonyl (C=O) groups excluding carboxylic acids is 1. The lowest BCUT2D eigenvalue weighted by Crippen LogP contribution is -2.17. The number of hydrazone groups is 1. The monoisotopic (exact) mass is 368 g/mol. The second-order valence-corrected chi connectivity index (χ2v) is 6.00. The molecule has 0 saturated heterocycles. The van der Waals surface area contributed by atoms with Gasteiger partial charge in [-0.25, -0.2) is 5.43 Å². The van der Waals surface area contributed by atoms with Gasteiger partial charge < -0.3 is 9.15 Å². The van der Waals surface area contributed by atoms with Crippen LogP contribution in [0.4, 0.5) is 0 Å². The van der Waals surface area contributed by atoms with Crippen LogP contribution in [0.1, 0.15) is 21.7 Å². The number of benzene rings is 2. The van der Waals surface area contributed by atoms with Crippen LogP contribution in [0.5, 0.6) is 5.75 Å². The molecule has 0 aliphatic heterocycles. The molecule has 0 aliphatic carbocycles. The van der Waals surface area contributed by atoms with Crippen LogP contribution in [0.3, 0.4) is 0 Å². The molecule has 1 amide bonds. The maximum absolute atomic E-state index is 12.0. The van der Waals surface area contributed by atoms with Gasteiger partial charge in [0.15, 0.2) is 0 Å². The molecule has 6 heteroatoms. The van der Waals surface area contributed by atoms with E-state index in [2.05, 4.69) is 10.5 Å². The minimum atomic E-state index is -0.319. The molecule has 2 aromatic carbocycles. The molecule has 0 bridgehead atoms. The fourth-order valence-electron chi connectivity index (χ4n) is 2.28. The molecule has 0 spiro atoms. The van der Waals surface area contributed by atoms with E-state index in [0.29, 0.717) is 27.9 Å². The first-order valence-corrected chi connectivity index (χ1v) is 8.28. The van der Waals surface area contributed by atoms with Crippen molar-refractivity contribution in [3.05, 3.63) is 76.5 Å². The summed E-state index contributed by atoms with van der Waals surface area (Å²) in [5, 5.41) is 4.60. The Hall–Kier alpha value is -3.05. The summed E-state index contributed by atoms with van der Waals surface area (Å²) >= 11 is 6.14. The van der Waals surface area contributed by atoms with Crippen molar-refractivity contribution >= 4 is 23.7 Å². The molecular weight excluding hydrogens is 352 g/mol. The van der Waals surface area contributed by atoms with E-state index in [9.17, 15) is 4.79 Å². The highest BCUT2D eigenvalue weighted by Crippen LogP contribution is 2.26. The first-order valence-electron chi connectivity index (χ1n) is 7.90. The zero-order chi connectivity index (χ0) is 18.5. The number of hydrogen-bond acceptors (Lipinski definition) is 4. The second-order valence-electron chi connectivity index (χ2n) is 5.59. The number of ether oxygens (including phenoxy) is 1. The minimum Gasteiger partial charge on any atom is -0.497 e. The number of hydrogen-bond donors (Lipinski definition) is 1. The van der Waals surface area contributed by atoms with E-state index in [-0.39, 0.29) is 5.91 Å². The largest absolute Gasteiger partial charge is 0.497 e. The van der Waals surface area contributed by atoms with Crippen LogP contribution < -0.4 is 10.2 Å². The lowest BCUT2D eigenvalue weighted by Gasteiger charge is -2.02. The molecule has 3 aromatic rings. The summed E-state index contributed by atoms with van der Waals surface area (Å²) < 4.78 is 10.8. The van der Waals surface area contributed by atoms with Crippen molar-refractivity contribution in [3.63, 3.8) is 0 Å². The summed E-state index contributed by atoms with van der Waals surface area (Å²) in [6.07, 6.45) is 1.45. The Morgan fingerprint density at radius 1 is 1.15 bits per heavy atom. The summed E-state index contributed by atoms with van der Waals surface area (Å²) in [6, 6.07) is 16.1. The summed E-state index contributed by atoms with van der Waals surface area (Å²) in [5.74, 6) is 1.56. The molecule has 26 heavy (non-hydrogen) atoms. The SMILES string of the molecule is COc1ccc(C(=O)N/N=C\c2ccc(-c3ccc(C)c(Cl)c3)o2)cc1. The van der Waals surface area contributed by atoms with Gasteiger partial charge in [0.2, 0.25) is 0 Å². The number of nitrogens with one attached hydrogen (secondary N) is 1. The smallest absolute Gasteiger partial charge is 0.271 e. The summed E-state index contributed by atoms with van der Waals surface area (Å²) in [6.45, 7) is 1.94. The van der Waals surface area contributed by atoms with E-state index >= 15 is 0 Å². The van der Waals surface area contributed by atoms with Gasteiger partial charge in [0.05, 0.1) is 13.3 Å². The van der Waals surface area contributed by atoms with Crippen LogP contribution >= 0.6 is 11.6 Å². The Morgan fingerprint density at radius 3 is 2.62 bits per heavy atom. The zero-order valence-corrected chi connectivity index (χ0v) is 15.1. The van der Waals surface area contributed by atoms with Crippen LogP contribution in [-0.4, -0.2) is 19.2 Å². The molecule has 0 fully saturated rings. The third-order valence-corrected chi connectivity index (χ3v) is 4.20. The number of aryl methyl sites for hydroxylation is 1. The fraction of sp³-hybridized carbons (Fsp3) is 0.100. The van der Waals surface area contributed by atoms with E-state index < -0.39 is 0 Å². The summed E-state index contributed by atoms with van der Waals surface area (Å²) in [7, 11) is 1.57. The third-order valence-electron chi connectivity index (χ3n) is 3.79. The summed E-state index contributed by atoms with van der Waals surface area (Å²) in [4.78, 5) is 12.0.